The van der Waals surface area contributed by atoms with Gasteiger partial charge in [0.1, 0.15) is 5.76 Å². The highest BCUT2D eigenvalue weighted by Crippen LogP contribution is 2.09. The maximum absolute atomic E-state index is 9.01. The third-order valence-corrected chi connectivity index (χ3v) is 1.49. The summed E-state index contributed by atoms with van der Waals surface area (Å²) in [5.74, 6) is 5.80. The lowest BCUT2D eigenvalue weighted by Crippen LogP contribution is -1.80. The lowest BCUT2D eigenvalue weighted by Gasteiger charge is -1.96. The summed E-state index contributed by atoms with van der Waals surface area (Å²) < 4.78 is 0. The van der Waals surface area contributed by atoms with Crippen molar-refractivity contribution >= 4 is 5.76 Å². The Balaban J connectivity index is 2.98. The van der Waals surface area contributed by atoms with Gasteiger partial charge in [0.25, 0.3) is 0 Å². The van der Waals surface area contributed by atoms with Gasteiger partial charge in [-0.05, 0) is 19.1 Å². The molecule has 1 rings (SSSR count). The summed E-state index contributed by atoms with van der Waals surface area (Å²) in [7, 11) is 0. The lowest BCUT2D eigenvalue weighted by atomic mass is 10.1. The maximum Gasteiger partial charge on any atom is 0.115 e. The molecular formula is C11H10O. The summed E-state index contributed by atoms with van der Waals surface area (Å²) in [5, 5.41) is 9.01. The van der Waals surface area contributed by atoms with Gasteiger partial charge < -0.3 is 5.11 Å². The molecule has 0 aliphatic rings. The van der Waals surface area contributed by atoms with Gasteiger partial charge in [-0.25, -0.2) is 0 Å². The van der Waals surface area contributed by atoms with Crippen LogP contribution >= 0.6 is 0 Å². The second kappa shape index (κ2) is 3.64. The molecule has 0 saturated heterocycles. The largest absolute Gasteiger partial charge is 0.508 e. The van der Waals surface area contributed by atoms with E-state index in [-0.39, 0.29) is 5.76 Å². The fraction of sp³-hybridized carbons (Fsp3) is 0.0909. The Morgan fingerprint density at radius 2 is 1.92 bits per heavy atom. The molecular weight excluding hydrogens is 148 g/mol. The molecule has 0 aromatic heterocycles. The Morgan fingerprint density at radius 1 is 1.33 bits per heavy atom. The average molecular weight is 158 g/mol. The molecule has 0 heterocycles. The first-order valence-electron chi connectivity index (χ1n) is 3.65. The zero-order chi connectivity index (χ0) is 8.97. The van der Waals surface area contributed by atoms with Gasteiger partial charge in [0.05, 0.1) is 0 Å². The monoisotopic (exact) mass is 158 g/mol. The van der Waals surface area contributed by atoms with Crippen molar-refractivity contribution in [2.45, 2.75) is 6.92 Å². The van der Waals surface area contributed by atoms with Crippen molar-refractivity contribution in [3.8, 4) is 11.8 Å². The van der Waals surface area contributed by atoms with Crippen LogP contribution in [0.2, 0.25) is 0 Å². The van der Waals surface area contributed by atoms with Crippen LogP contribution in [0.3, 0.4) is 0 Å². The standard InChI is InChI=1S/C11H10O/c1-3-4-10-5-7-11(8-6-10)9(2)12/h5-8,12H,2H2,1H3. The summed E-state index contributed by atoms with van der Waals surface area (Å²) in [5.41, 5.74) is 1.68. The van der Waals surface area contributed by atoms with E-state index in [2.05, 4.69) is 18.4 Å². The number of hydrogen-bond acceptors (Lipinski definition) is 1. The highest BCUT2D eigenvalue weighted by Gasteiger charge is 1.93. The van der Waals surface area contributed by atoms with Crippen molar-refractivity contribution in [1.29, 1.82) is 0 Å². The van der Waals surface area contributed by atoms with Crippen LogP contribution in [-0.2, 0) is 0 Å². The van der Waals surface area contributed by atoms with Crippen molar-refractivity contribution < 1.29 is 5.11 Å². The van der Waals surface area contributed by atoms with Crippen LogP contribution < -0.4 is 0 Å². The van der Waals surface area contributed by atoms with Crippen LogP contribution in [-0.4, -0.2) is 5.11 Å². The molecule has 0 spiro atoms. The number of rotatable bonds is 1. The molecule has 1 nitrogen and oxygen atoms in total. The van der Waals surface area contributed by atoms with Crippen molar-refractivity contribution in [3.05, 3.63) is 42.0 Å². The average Bonchev–Trinajstić information content (AvgIpc) is 2.06. The minimum atomic E-state index is 0.0889. The van der Waals surface area contributed by atoms with Crippen molar-refractivity contribution in [1.82, 2.24) is 0 Å². The molecule has 0 saturated carbocycles. The minimum absolute atomic E-state index is 0.0889. The number of benzene rings is 1. The smallest absolute Gasteiger partial charge is 0.115 e. The van der Waals surface area contributed by atoms with Gasteiger partial charge in [0.2, 0.25) is 0 Å². The molecule has 1 N–H and O–H groups in total. The van der Waals surface area contributed by atoms with Gasteiger partial charge in [0.15, 0.2) is 0 Å². The van der Waals surface area contributed by atoms with Crippen molar-refractivity contribution in [2.24, 2.45) is 0 Å². The van der Waals surface area contributed by atoms with E-state index >= 15 is 0 Å². The lowest BCUT2D eigenvalue weighted by molar-refractivity contribution is 0.514. The summed E-state index contributed by atoms with van der Waals surface area (Å²) in [4.78, 5) is 0. The third kappa shape index (κ3) is 1.90. The molecule has 1 heteroatoms. The molecule has 60 valence electrons. The van der Waals surface area contributed by atoms with Crippen LogP contribution in [0.15, 0.2) is 30.8 Å². The Hall–Kier alpha value is -1.68. The molecule has 0 amide bonds. The zero-order valence-corrected chi connectivity index (χ0v) is 6.96. The first-order chi connectivity index (χ1) is 5.74. The van der Waals surface area contributed by atoms with Crippen LogP contribution in [0.4, 0.5) is 0 Å². The van der Waals surface area contributed by atoms with Crippen LogP contribution in [0.25, 0.3) is 5.76 Å². The Morgan fingerprint density at radius 3 is 2.33 bits per heavy atom. The molecule has 0 bridgehead atoms. The van der Waals surface area contributed by atoms with Crippen LogP contribution in [0, 0.1) is 11.8 Å². The Bertz CT molecular complexity index is 336. The van der Waals surface area contributed by atoms with Gasteiger partial charge in [-0.15, -0.1) is 5.92 Å². The molecule has 0 aliphatic carbocycles. The molecule has 0 unspecified atom stereocenters. The number of aliphatic hydroxyl groups is 1. The first kappa shape index (κ1) is 8.42. The molecule has 1 aromatic carbocycles. The van der Waals surface area contributed by atoms with E-state index in [9.17, 15) is 0 Å². The van der Waals surface area contributed by atoms with Crippen molar-refractivity contribution in [3.63, 3.8) is 0 Å². The quantitative estimate of drug-likeness (QED) is 0.492. The van der Waals surface area contributed by atoms with Gasteiger partial charge in [-0.2, -0.15) is 0 Å². The van der Waals surface area contributed by atoms with Crippen LogP contribution in [0.1, 0.15) is 18.1 Å². The predicted octanol–water partition coefficient (Wildman–Crippen LogP) is 2.59. The number of aliphatic hydroxyl groups excluding tert-OH is 1. The van der Waals surface area contributed by atoms with E-state index in [1.54, 1.807) is 19.1 Å². The van der Waals surface area contributed by atoms with E-state index in [1.807, 2.05) is 12.1 Å². The molecule has 0 radical (unpaired) electrons. The fourth-order valence-electron chi connectivity index (χ4n) is 0.890. The topological polar surface area (TPSA) is 20.2 Å². The maximum atomic E-state index is 9.01. The van der Waals surface area contributed by atoms with E-state index in [0.717, 1.165) is 11.1 Å². The molecule has 0 fully saturated rings. The highest BCUT2D eigenvalue weighted by atomic mass is 16.3. The predicted molar refractivity (Wildman–Crippen MR) is 50.7 cm³/mol. The second-order valence-corrected chi connectivity index (χ2v) is 2.40. The van der Waals surface area contributed by atoms with E-state index in [4.69, 9.17) is 5.11 Å². The minimum Gasteiger partial charge on any atom is -0.508 e. The zero-order valence-electron chi connectivity index (χ0n) is 6.96. The Kier molecular flexibility index (Phi) is 2.55. The first-order valence-corrected chi connectivity index (χ1v) is 3.65. The molecule has 0 aliphatic heterocycles. The molecule has 0 atom stereocenters. The van der Waals surface area contributed by atoms with Crippen LogP contribution in [0.5, 0.6) is 0 Å². The van der Waals surface area contributed by atoms with Gasteiger partial charge >= 0.3 is 0 Å². The van der Waals surface area contributed by atoms with Gasteiger partial charge in [0, 0.05) is 11.1 Å². The third-order valence-electron chi connectivity index (χ3n) is 1.49. The van der Waals surface area contributed by atoms with E-state index < -0.39 is 0 Å². The van der Waals surface area contributed by atoms with Gasteiger partial charge in [-0.1, -0.05) is 24.6 Å². The SMILES string of the molecule is C=C(O)c1ccc(C#CC)cc1. The summed E-state index contributed by atoms with van der Waals surface area (Å²) in [6, 6.07) is 7.30. The summed E-state index contributed by atoms with van der Waals surface area (Å²) >= 11 is 0. The second-order valence-electron chi connectivity index (χ2n) is 2.40. The highest BCUT2D eigenvalue weighted by molar-refractivity contribution is 5.57. The molecule has 12 heavy (non-hydrogen) atoms. The van der Waals surface area contributed by atoms with Crippen molar-refractivity contribution in [2.75, 3.05) is 0 Å². The number of hydrogen-bond donors (Lipinski definition) is 1. The molecule has 1 aromatic rings. The van der Waals surface area contributed by atoms with Gasteiger partial charge in [-0.3, -0.25) is 0 Å². The fourth-order valence-corrected chi connectivity index (χ4v) is 0.890. The normalized spacial score (nSPS) is 8.42. The summed E-state index contributed by atoms with van der Waals surface area (Å²) in [6.07, 6.45) is 0. The summed E-state index contributed by atoms with van der Waals surface area (Å²) in [6.45, 7) is 5.21. The Labute approximate surface area is 72.4 Å². The van der Waals surface area contributed by atoms with E-state index in [1.165, 1.54) is 0 Å². The van der Waals surface area contributed by atoms with E-state index in [0.29, 0.717) is 0 Å².